The van der Waals surface area contributed by atoms with E-state index >= 15 is 0 Å². The lowest BCUT2D eigenvalue weighted by molar-refractivity contribution is 0.585. The van der Waals surface area contributed by atoms with Crippen LogP contribution < -0.4 is 10.5 Å². The van der Waals surface area contributed by atoms with E-state index in [1.54, 1.807) is 19.1 Å². The van der Waals surface area contributed by atoms with Gasteiger partial charge in [-0.15, -0.1) is 6.58 Å². The van der Waals surface area contributed by atoms with E-state index in [1.807, 2.05) is 0 Å². The molecular weight excluding hydrogens is 212 g/mol. The molecule has 0 radical (unpaired) electrons. The monoisotopic (exact) mass is 226 g/mol. The predicted octanol–water partition coefficient (Wildman–Crippen LogP) is 1.04. The van der Waals surface area contributed by atoms with Crippen molar-refractivity contribution in [3.63, 3.8) is 0 Å². The highest BCUT2D eigenvalue weighted by Gasteiger charge is 2.15. The Balaban J connectivity index is 3.14. The van der Waals surface area contributed by atoms with Gasteiger partial charge in [0.05, 0.1) is 4.90 Å². The summed E-state index contributed by atoms with van der Waals surface area (Å²) in [7, 11) is -3.48. The molecule has 5 heteroatoms. The number of nitrogen functional groups attached to an aromatic ring is 1. The molecule has 0 amide bonds. The maximum Gasteiger partial charge on any atom is 0.241 e. The van der Waals surface area contributed by atoms with E-state index in [9.17, 15) is 8.42 Å². The SMILES string of the molecule is C=CCNS(=O)(=O)c1cc(N)ccc1C. The molecule has 0 fully saturated rings. The fraction of sp³-hybridized carbons (Fsp3) is 0.200. The number of nitrogens with two attached hydrogens (primary N) is 1. The topological polar surface area (TPSA) is 72.2 Å². The molecule has 0 bridgehead atoms. The number of nitrogens with one attached hydrogen (secondary N) is 1. The molecule has 0 unspecified atom stereocenters. The molecule has 0 atom stereocenters. The molecule has 1 aromatic rings. The van der Waals surface area contributed by atoms with Crippen molar-refractivity contribution < 1.29 is 8.42 Å². The average Bonchev–Trinajstić information content (AvgIpc) is 2.18. The second-order valence-electron chi connectivity index (χ2n) is 3.17. The molecule has 82 valence electrons. The van der Waals surface area contributed by atoms with Crippen LogP contribution in [0.5, 0.6) is 0 Å². The van der Waals surface area contributed by atoms with Crippen LogP contribution in [0.1, 0.15) is 5.56 Å². The summed E-state index contributed by atoms with van der Waals surface area (Å²) in [6.45, 7) is 5.37. The minimum absolute atomic E-state index is 0.205. The van der Waals surface area contributed by atoms with Gasteiger partial charge in [0, 0.05) is 12.2 Å². The van der Waals surface area contributed by atoms with Crippen LogP contribution in [0.4, 0.5) is 5.69 Å². The molecule has 15 heavy (non-hydrogen) atoms. The highest BCUT2D eigenvalue weighted by atomic mass is 32.2. The molecule has 0 saturated heterocycles. The first-order chi connectivity index (χ1) is 6.97. The number of aryl methyl sites for hydroxylation is 1. The zero-order valence-electron chi connectivity index (χ0n) is 8.53. The fourth-order valence-electron chi connectivity index (χ4n) is 1.15. The zero-order valence-corrected chi connectivity index (χ0v) is 9.34. The quantitative estimate of drug-likeness (QED) is 0.595. The van der Waals surface area contributed by atoms with Gasteiger partial charge in [-0.25, -0.2) is 13.1 Å². The smallest absolute Gasteiger partial charge is 0.241 e. The second-order valence-corrected chi connectivity index (χ2v) is 4.90. The van der Waals surface area contributed by atoms with E-state index < -0.39 is 10.0 Å². The Morgan fingerprint density at radius 1 is 1.53 bits per heavy atom. The van der Waals surface area contributed by atoms with Gasteiger partial charge in [0.1, 0.15) is 0 Å². The van der Waals surface area contributed by atoms with E-state index in [1.165, 1.54) is 12.1 Å². The Hall–Kier alpha value is -1.33. The normalized spacial score (nSPS) is 11.3. The minimum Gasteiger partial charge on any atom is -0.399 e. The molecule has 0 heterocycles. The highest BCUT2D eigenvalue weighted by Crippen LogP contribution is 2.17. The maximum absolute atomic E-state index is 11.7. The molecule has 0 saturated carbocycles. The number of sulfonamides is 1. The summed E-state index contributed by atoms with van der Waals surface area (Å²) in [4.78, 5) is 0.212. The van der Waals surface area contributed by atoms with E-state index in [2.05, 4.69) is 11.3 Å². The Morgan fingerprint density at radius 3 is 2.80 bits per heavy atom. The van der Waals surface area contributed by atoms with Gasteiger partial charge in [-0.05, 0) is 24.6 Å². The number of rotatable bonds is 4. The van der Waals surface area contributed by atoms with Gasteiger partial charge in [-0.3, -0.25) is 0 Å². The molecule has 0 aliphatic carbocycles. The van der Waals surface area contributed by atoms with E-state index in [0.29, 0.717) is 11.3 Å². The van der Waals surface area contributed by atoms with Crippen molar-refractivity contribution in [1.29, 1.82) is 0 Å². The lowest BCUT2D eigenvalue weighted by atomic mass is 10.2. The van der Waals surface area contributed by atoms with Gasteiger partial charge in [0.15, 0.2) is 0 Å². The maximum atomic E-state index is 11.7. The van der Waals surface area contributed by atoms with Crippen molar-refractivity contribution >= 4 is 15.7 Å². The van der Waals surface area contributed by atoms with Crippen LogP contribution >= 0.6 is 0 Å². The number of anilines is 1. The summed E-state index contributed by atoms with van der Waals surface area (Å²) >= 11 is 0. The van der Waals surface area contributed by atoms with Gasteiger partial charge in [-0.1, -0.05) is 12.1 Å². The van der Waals surface area contributed by atoms with E-state index in [-0.39, 0.29) is 11.4 Å². The second kappa shape index (κ2) is 4.46. The van der Waals surface area contributed by atoms with Gasteiger partial charge < -0.3 is 5.73 Å². The molecule has 1 rings (SSSR count). The molecular formula is C10H14N2O2S. The lowest BCUT2D eigenvalue weighted by Crippen LogP contribution is -2.24. The summed E-state index contributed by atoms with van der Waals surface area (Å²) < 4.78 is 25.9. The Labute approximate surface area is 89.9 Å². The van der Waals surface area contributed by atoms with Crippen LogP contribution in [0.2, 0.25) is 0 Å². The molecule has 0 aliphatic heterocycles. The van der Waals surface area contributed by atoms with Crippen molar-refractivity contribution in [2.24, 2.45) is 0 Å². The van der Waals surface area contributed by atoms with Gasteiger partial charge in [0.25, 0.3) is 0 Å². The third-order valence-corrected chi connectivity index (χ3v) is 3.48. The van der Waals surface area contributed by atoms with Crippen LogP contribution in [0.3, 0.4) is 0 Å². The fourth-order valence-corrected chi connectivity index (χ4v) is 2.43. The molecule has 0 aliphatic rings. The first kappa shape index (κ1) is 11.7. The van der Waals surface area contributed by atoms with Crippen LogP contribution in [0.25, 0.3) is 0 Å². The van der Waals surface area contributed by atoms with Crippen LogP contribution in [0, 0.1) is 6.92 Å². The largest absolute Gasteiger partial charge is 0.399 e. The molecule has 3 N–H and O–H groups in total. The third-order valence-electron chi connectivity index (χ3n) is 1.92. The van der Waals surface area contributed by atoms with Crippen LogP contribution in [0.15, 0.2) is 35.7 Å². The number of hydrogen-bond donors (Lipinski definition) is 2. The first-order valence-corrected chi connectivity index (χ1v) is 5.92. The lowest BCUT2D eigenvalue weighted by Gasteiger charge is -2.08. The summed E-state index contributed by atoms with van der Waals surface area (Å²) in [5.74, 6) is 0. The summed E-state index contributed by atoms with van der Waals surface area (Å²) in [5, 5.41) is 0. The third kappa shape index (κ3) is 2.81. The highest BCUT2D eigenvalue weighted by molar-refractivity contribution is 7.89. The van der Waals surface area contributed by atoms with E-state index in [4.69, 9.17) is 5.73 Å². The summed E-state index contributed by atoms with van der Waals surface area (Å²) in [6, 6.07) is 4.79. The number of hydrogen-bond acceptors (Lipinski definition) is 3. The van der Waals surface area contributed by atoms with Gasteiger partial charge in [0.2, 0.25) is 10.0 Å². The van der Waals surface area contributed by atoms with Gasteiger partial charge in [-0.2, -0.15) is 0 Å². The average molecular weight is 226 g/mol. The van der Waals surface area contributed by atoms with Crippen molar-refractivity contribution in [2.45, 2.75) is 11.8 Å². The Bertz CT molecular complexity index is 466. The molecule has 1 aromatic carbocycles. The van der Waals surface area contributed by atoms with Crippen molar-refractivity contribution in [3.8, 4) is 0 Å². The van der Waals surface area contributed by atoms with Crippen LogP contribution in [-0.4, -0.2) is 15.0 Å². The Kier molecular flexibility index (Phi) is 3.49. The predicted molar refractivity (Wildman–Crippen MR) is 61.0 cm³/mol. The minimum atomic E-state index is -3.48. The molecule has 0 aromatic heterocycles. The van der Waals surface area contributed by atoms with Crippen molar-refractivity contribution in [1.82, 2.24) is 4.72 Å². The molecule has 0 spiro atoms. The standard InChI is InChI=1S/C10H14N2O2S/c1-3-6-12-15(13,14)10-7-9(11)5-4-8(10)2/h3-5,7,12H,1,6,11H2,2H3. The van der Waals surface area contributed by atoms with E-state index in [0.717, 1.165) is 0 Å². The summed E-state index contributed by atoms with van der Waals surface area (Å²) in [5.41, 5.74) is 6.64. The Morgan fingerprint density at radius 2 is 2.20 bits per heavy atom. The van der Waals surface area contributed by atoms with Crippen LogP contribution in [-0.2, 0) is 10.0 Å². The number of benzene rings is 1. The first-order valence-electron chi connectivity index (χ1n) is 4.44. The van der Waals surface area contributed by atoms with Crippen molar-refractivity contribution in [3.05, 3.63) is 36.4 Å². The zero-order chi connectivity index (χ0) is 11.5. The summed E-state index contributed by atoms with van der Waals surface area (Å²) in [6.07, 6.45) is 1.49. The molecule has 4 nitrogen and oxygen atoms in total. The van der Waals surface area contributed by atoms with Gasteiger partial charge >= 0.3 is 0 Å². The van der Waals surface area contributed by atoms with Crippen molar-refractivity contribution in [2.75, 3.05) is 12.3 Å².